The quantitative estimate of drug-likeness (QED) is 0.780. The van der Waals surface area contributed by atoms with Gasteiger partial charge in [0.25, 0.3) is 0 Å². The number of carbonyl (C=O) groups excluding carboxylic acids is 1. The molecule has 0 spiro atoms. The second-order valence-electron chi connectivity index (χ2n) is 9.05. The Balaban J connectivity index is 1.02. The van der Waals surface area contributed by atoms with Crippen LogP contribution >= 0.6 is 11.3 Å². The third-order valence-corrected chi connectivity index (χ3v) is 7.90. The zero-order valence-electron chi connectivity index (χ0n) is 17.3. The van der Waals surface area contributed by atoms with Crippen molar-refractivity contribution >= 4 is 33.1 Å². The normalized spacial score (nSPS) is 25.1. The van der Waals surface area contributed by atoms with Gasteiger partial charge in [0.2, 0.25) is 0 Å². The summed E-state index contributed by atoms with van der Waals surface area (Å²) in [5, 5.41) is 6.81. The summed E-state index contributed by atoms with van der Waals surface area (Å²) >= 11 is 1.83. The summed E-state index contributed by atoms with van der Waals surface area (Å²) in [6.07, 6.45) is 5.93. The number of rotatable bonds is 6. The standard InChI is InChI=1S/C23H32N4OS/c1-25(19-5-6-19)23(28)24-18-15-17(16-18)7-9-26-10-12-27(13-11-26)21-3-2-4-22-20(21)8-14-29-22/h2-4,8,14,17-19H,5-7,9-13,15-16H2,1H3,(H,24,28). The molecule has 29 heavy (non-hydrogen) atoms. The molecule has 3 fully saturated rings. The largest absolute Gasteiger partial charge is 0.368 e. The van der Waals surface area contributed by atoms with Crippen LogP contribution in [0.1, 0.15) is 32.1 Å². The molecule has 2 saturated carbocycles. The molecule has 0 atom stereocenters. The van der Waals surface area contributed by atoms with Gasteiger partial charge in [0.1, 0.15) is 0 Å². The van der Waals surface area contributed by atoms with E-state index in [0.717, 1.165) is 44.9 Å². The minimum absolute atomic E-state index is 0.132. The molecule has 156 valence electrons. The number of amides is 2. The van der Waals surface area contributed by atoms with E-state index in [0.29, 0.717) is 12.1 Å². The van der Waals surface area contributed by atoms with Crippen LogP contribution in [0, 0.1) is 5.92 Å². The van der Waals surface area contributed by atoms with Crippen LogP contribution in [-0.4, -0.2) is 67.7 Å². The lowest BCUT2D eigenvalue weighted by Gasteiger charge is -2.40. The fraction of sp³-hybridized carbons (Fsp3) is 0.609. The van der Waals surface area contributed by atoms with E-state index in [1.54, 1.807) is 0 Å². The molecule has 2 amide bonds. The molecule has 1 aliphatic heterocycles. The summed E-state index contributed by atoms with van der Waals surface area (Å²) in [5.41, 5.74) is 1.40. The number of benzene rings is 1. The van der Waals surface area contributed by atoms with Gasteiger partial charge in [-0.05, 0) is 68.1 Å². The SMILES string of the molecule is CN(C(=O)NC1CC(CCN2CCN(c3cccc4sccc34)CC2)C1)C1CC1. The second-order valence-corrected chi connectivity index (χ2v) is 10.0. The van der Waals surface area contributed by atoms with E-state index in [2.05, 4.69) is 44.8 Å². The second kappa shape index (κ2) is 8.15. The van der Waals surface area contributed by atoms with Crippen molar-refractivity contribution in [2.45, 2.75) is 44.2 Å². The molecule has 1 aromatic heterocycles. The van der Waals surface area contributed by atoms with Crippen LogP contribution in [0.5, 0.6) is 0 Å². The minimum atomic E-state index is 0.132. The monoisotopic (exact) mass is 412 g/mol. The van der Waals surface area contributed by atoms with Crippen molar-refractivity contribution in [3.05, 3.63) is 29.6 Å². The molecule has 2 aromatic rings. The highest BCUT2D eigenvalue weighted by atomic mass is 32.1. The van der Waals surface area contributed by atoms with E-state index < -0.39 is 0 Å². The smallest absolute Gasteiger partial charge is 0.317 e. The van der Waals surface area contributed by atoms with Crippen LogP contribution in [0.2, 0.25) is 0 Å². The number of piperazine rings is 1. The van der Waals surface area contributed by atoms with Crippen molar-refractivity contribution in [2.75, 3.05) is 44.7 Å². The molecule has 0 bridgehead atoms. The first-order chi connectivity index (χ1) is 14.2. The van der Waals surface area contributed by atoms with Gasteiger partial charge in [0, 0.05) is 61.1 Å². The van der Waals surface area contributed by atoms with Gasteiger partial charge in [0.15, 0.2) is 0 Å². The molecule has 5 nitrogen and oxygen atoms in total. The third kappa shape index (κ3) is 4.24. The zero-order chi connectivity index (χ0) is 19.8. The van der Waals surface area contributed by atoms with Crippen molar-refractivity contribution in [1.29, 1.82) is 0 Å². The highest BCUT2D eigenvalue weighted by Gasteiger charge is 2.34. The summed E-state index contributed by atoms with van der Waals surface area (Å²) in [4.78, 5) is 19.2. The van der Waals surface area contributed by atoms with Crippen LogP contribution in [0.4, 0.5) is 10.5 Å². The van der Waals surface area contributed by atoms with E-state index >= 15 is 0 Å². The van der Waals surface area contributed by atoms with E-state index in [4.69, 9.17) is 0 Å². The predicted octanol–water partition coefficient (Wildman–Crippen LogP) is 4.00. The number of fused-ring (bicyclic) bond motifs is 1. The molecule has 1 N–H and O–H groups in total. The number of urea groups is 1. The van der Waals surface area contributed by atoms with Gasteiger partial charge in [0.05, 0.1) is 0 Å². The highest BCUT2D eigenvalue weighted by Crippen LogP contribution is 2.33. The average Bonchev–Trinajstić information content (AvgIpc) is 3.45. The number of nitrogens with zero attached hydrogens (tertiary/aromatic N) is 3. The Morgan fingerprint density at radius 2 is 1.97 bits per heavy atom. The fourth-order valence-electron chi connectivity index (χ4n) is 4.82. The van der Waals surface area contributed by atoms with Gasteiger partial charge in [-0.3, -0.25) is 4.90 Å². The molecular weight excluding hydrogens is 380 g/mol. The Morgan fingerprint density at radius 1 is 1.17 bits per heavy atom. The molecule has 2 heterocycles. The van der Waals surface area contributed by atoms with Crippen LogP contribution in [0.3, 0.4) is 0 Å². The lowest BCUT2D eigenvalue weighted by Crippen LogP contribution is -2.50. The maximum Gasteiger partial charge on any atom is 0.317 e. The summed E-state index contributed by atoms with van der Waals surface area (Å²) < 4.78 is 1.39. The number of thiophene rings is 1. The number of anilines is 1. The Labute approximate surface area is 177 Å². The van der Waals surface area contributed by atoms with Gasteiger partial charge in [-0.1, -0.05) is 6.07 Å². The first kappa shape index (κ1) is 19.2. The summed E-state index contributed by atoms with van der Waals surface area (Å²) in [5.74, 6) is 0.782. The molecule has 1 aromatic carbocycles. The van der Waals surface area contributed by atoms with Crippen molar-refractivity contribution in [3.63, 3.8) is 0 Å². The third-order valence-electron chi connectivity index (χ3n) is 7.02. The molecule has 5 rings (SSSR count). The van der Waals surface area contributed by atoms with Gasteiger partial charge in [-0.25, -0.2) is 4.79 Å². The van der Waals surface area contributed by atoms with E-state index in [9.17, 15) is 4.79 Å². The van der Waals surface area contributed by atoms with Crippen molar-refractivity contribution < 1.29 is 4.79 Å². The van der Waals surface area contributed by atoms with Crippen LogP contribution in [-0.2, 0) is 0 Å². The molecule has 6 heteroatoms. The minimum Gasteiger partial charge on any atom is -0.368 e. The molecule has 0 unspecified atom stereocenters. The summed E-state index contributed by atoms with van der Waals surface area (Å²) in [6, 6.07) is 9.97. The Kier molecular flexibility index (Phi) is 5.39. The lowest BCUT2D eigenvalue weighted by molar-refractivity contribution is 0.158. The zero-order valence-corrected chi connectivity index (χ0v) is 18.2. The van der Waals surface area contributed by atoms with Crippen LogP contribution in [0.15, 0.2) is 29.6 Å². The van der Waals surface area contributed by atoms with Gasteiger partial charge in [-0.2, -0.15) is 0 Å². The maximum atomic E-state index is 12.2. The Bertz CT molecular complexity index is 849. The molecule has 2 aliphatic carbocycles. The summed E-state index contributed by atoms with van der Waals surface area (Å²) in [6.45, 7) is 5.74. The van der Waals surface area contributed by atoms with Crippen molar-refractivity contribution in [1.82, 2.24) is 15.1 Å². The number of nitrogens with one attached hydrogen (secondary N) is 1. The molecular formula is C23H32N4OS. The number of hydrogen-bond donors (Lipinski definition) is 1. The molecule has 3 aliphatic rings. The number of hydrogen-bond acceptors (Lipinski definition) is 4. The first-order valence-corrected chi connectivity index (χ1v) is 12.0. The van der Waals surface area contributed by atoms with Gasteiger partial charge < -0.3 is 15.1 Å². The Hall–Kier alpha value is -1.79. The van der Waals surface area contributed by atoms with E-state index in [1.807, 2.05) is 23.3 Å². The molecule has 1 saturated heterocycles. The van der Waals surface area contributed by atoms with E-state index in [1.165, 1.54) is 41.6 Å². The first-order valence-electron chi connectivity index (χ1n) is 11.1. The maximum absolute atomic E-state index is 12.2. The highest BCUT2D eigenvalue weighted by molar-refractivity contribution is 7.17. The van der Waals surface area contributed by atoms with Crippen LogP contribution in [0.25, 0.3) is 10.1 Å². The van der Waals surface area contributed by atoms with Crippen LogP contribution < -0.4 is 10.2 Å². The van der Waals surface area contributed by atoms with Crippen molar-refractivity contribution in [2.24, 2.45) is 5.92 Å². The number of carbonyl (C=O) groups is 1. The van der Waals surface area contributed by atoms with Gasteiger partial charge in [-0.15, -0.1) is 11.3 Å². The predicted molar refractivity (Wildman–Crippen MR) is 121 cm³/mol. The average molecular weight is 413 g/mol. The van der Waals surface area contributed by atoms with Crippen molar-refractivity contribution in [3.8, 4) is 0 Å². The van der Waals surface area contributed by atoms with Gasteiger partial charge >= 0.3 is 6.03 Å². The fourth-order valence-corrected chi connectivity index (χ4v) is 5.63. The van der Waals surface area contributed by atoms with E-state index in [-0.39, 0.29) is 6.03 Å². The topological polar surface area (TPSA) is 38.8 Å². The lowest BCUT2D eigenvalue weighted by atomic mass is 9.78. The summed E-state index contributed by atoms with van der Waals surface area (Å²) in [7, 11) is 1.93. The molecule has 0 radical (unpaired) electrons. The Morgan fingerprint density at radius 3 is 2.72 bits per heavy atom.